The van der Waals surface area contributed by atoms with Gasteiger partial charge in [-0.1, -0.05) is 18.5 Å². The van der Waals surface area contributed by atoms with E-state index in [1.165, 1.54) is 23.5 Å². The fourth-order valence-electron chi connectivity index (χ4n) is 2.55. The molecule has 0 aliphatic rings. The Morgan fingerprint density at radius 1 is 1.16 bits per heavy atom. The molecule has 0 bridgehead atoms. The van der Waals surface area contributed by atoms with E-state index < -0.39 is 0 Å². The van der Waals surface area contributed by atoms with Gasteiger partial charge in [0.1, 0.15) is 5.82 Å². The number of benzene rings is 2. The summed E-state index contributed by atoms with van der Waals surface area (Å²) in [5.41, 5.74) is 2.34. The highest BCUT2D eigenvalue weighted by molar-refractivity contribution is 7.09. The number of aromatic nitrogens is 1. The van der Waals surface area contributed by atoms with Crippen molar-refractivity contribution in [2.75, 3.05) is 0 Å². The summed E-state index contributed by atoms with van der Waals surface area (Å²) in [7, 11) is 1.86. The molecule has 128 valence electrons. The van der Waals surface area contributed by atoms with Crippen LogP contribution in [0.3, 0.4) is 0 Å². The first-order valence-electron chi connectivity index (χ1n) is 7.79. The van der Waals surface area contributed by atoms with Gasteiger partial charge < -0.3 is 4.57 Å². The van der Waals surface area contributed by atoms with Gasteiger partial charge in [-0.3, -0.25) is 4.79 Å². The molecule has 0 saturated heterocycles. The highest BCUT2D eigenvalue weighted by atomic mass is 35.5. The number of carbonyl (C=O) groups is 1. The number of halogens is 2. The summed E-state index contributed by atoms with van der Waals surface area (Å²) in [6.07, 6.45) is 0.801. The molecule has 0 fully saturated rings. The van der Waals surface area contributed by atoms with Crippen molar-refractivity contribution in [2.45, 2.75) is 13.3 Å². The van der Waals surface area contributed by atoms with Gasteiger partial charge in [0.2, 0.25) is 0 Å². The van der Waals surface area contributed by atoms with Crippen LogP contribution in [0, 0.1) is 5.82 Å². The summed E-state index contributed by atoms with van der Waals surface area (Å²) in [5.74, 6) is -0.593. The molecule has 3 nitrogen and oxygen atoms in total. The van der Waals surface area contributed by atoms with Crippen molar-refractivity contribution >= 4 is 28.8 Å². The fraction of sp³-hybridized carbons (Fsp3) is 0.158. The molecule has 3 aromatic rings. The summed E-state index contributed by atoms with van der Waals surface area (Å²) in [5, 5.41) is 0.574. The van der Waals surface area contributed by atoms with Gasteiger partial charge in [-0.15, -0.1) is 11.3 Å². The molecule has 0 aliphatic heterocycles. The van der Waals surface area contributed by atoms with Crippen LogP contribution in [0.5, 0.6) is 0 Å². The van der Waals surface area contributed by atoms with Crippen molar-refractivity contribution in [3.05, 3.63) is 74.6 Å². The van der Waals surface area contributed by atoms with E-state index in [1.54, 1.807) is 36.4 Å². The first-order chi connectivity index (χ1) is 12.0. The Labute approximate surface area is 154 Å². The molecule has 0 saturated carbocycles. The standard InChI is InChI=1S/C19H16ClFN2OS/c1-3-16-17(12-6-10-15(21)11-7-12)23(2)19(25-16)22-18(24)13-4-8-14(20)9-5-13/h4-11H,3H2,1-2H3. The topological polar surface area (TPSA) is 34.4 Å². The number of amides is 1. The van der Waals surface area contributed by atoms with Crippen molar-refractivity contribution in [3.8, 4) is 11.3 Å². The molecule has 0 spiro atoms. The third kappa shape index (κ3) is 3.72. The number of thiazole rings is 1. The normalized spacial score (nSPS) is 11.8. The molecule has 0 unspecified atom stereocenters. The molecule has 3 rings (SSSR count). The van der Waals surface area contributed by atoms with Crippen molar-refractivity contribution < 1.29 is 9.18 Å². The van der Waals surface area contributed by atoms with Crippen molar-refractivity contribution in [1.82, 2.24) is 4.57 Å². The molecule has 1 aromatic heterocycles. The second-order valence-corrected chi connectivity index (χ2v) is 7.00. The van der Waals surface area contributed by atoms with Crippen LogP contribution in [0.1, 0.15) is 22.2 Å². The van der Waals surface area contributed by atoms with Gasteiger partial charge >= 0.3 is 0 Å². The minimum atomic E-state index is -0.318. The van der Waals surface area contributed by atoms with Crippen molar-refractivity contribution in [3.63, 3.8) is 0 Å². The highest BCUT2D eigenvalue weighted by Gasteiger charge is 2.13. The largest absolute Gasteiger partial charge is 0.319 e. The quantitative estimate of drug-likeness (QED) is 0.645. The molecular formula is C19H16ClFN2OS. The zero-order chi connectivity index (χ0) is 18.0. The maximum Gasteiger partial charge on any atom is 0.279 e. The Hall–Kier alpha value is -2.24. The molecule has 6 heteroatoms. The fourth-order valence-corrected chi connectivity index (χ4v) is 3.75. The Bertz CT molecular complexity index is 972. The van der Waals surface area contributed by atoms with E-state index in [-0.39, 0.29) is 11.7 Å². The predicted octanol–water partition coefficient (Wildman–Crippen LogP) is 4.85. The van der Waals surface area contributed by atoms with Gasteiger partial charge in [0.25, 0.3) is 5.91 Å². The first kappa shape index (κ1) is 17.6. The van der Waals surface area contributed by atoms with E-state index in [0.29, 0.717) is 15.4 Å². The first-order valence-corrected chi connectivity index (χ1v) is 8.98. The second-order valence-electron chi connectivity index (χ2n) is 5.50. The number of carbonyl (C=O) groups excluding carboxylic acids is 1. The lowest BCUT2D eigenvalue weighted by molar-refractivity contribution is 0.0998. The van der Waals surface area contributed by atoms with E-state index in [1.807, 2.05) is 18.5 Å². The SMILES string of the molecule is CCc1sc(=NC(=O)c2ccc(Cl)cc2)n(C)c1-c1ccc(F)cc1. The molecule has 0 aliphatic carbocycles. The van der Waals surface area contributed by atoms with Crippen LogP contribution < -0.4 is 4.80 Å². The maximum atomic E-state index is 13.2. The van der Waals surface area contributed by atoms with Gasteiger partial charge in [-0.2, -0.15) is 4.99 Å². The molecule has 0 radical (unpaired) electrons. The van der Waals surface area contributed by atoms with E-state index in [9.17, 15) is 9.18 Å². The summed E-state index contributed by atoms with van der Waals surface area (Å²) in [4.78, 5) is 18.4. The zero-order valence-electron chi connectivity index (χ0n) is 13.8. The minimum Gasteiger partial charge on any atom is -0.319 e. The molecule has 2 aromatic carbocycles. The molecule has 25 heavy (non-hydrogen) atoms. The molecule has 1 heterocycles. The Kier molecular flexibility index (Phi) is 5.16. The van der Waals surface area contributed by atoms with Crippen LogP contribution in [-0.2, 0) is 13.5 Å². The Morgan fingerprint density at radius 3 is 2.40 bits per heavy atom. The number of hydrogen-bond donors (Lipinski definition) is 0. The van der Waals surface area contributed by atoms with E-state index >= 15 is 0 Å². The van der Waals surface area contributed by atoms with Gasteiger partial charge in [0.15, 0.2) is 4.80 Å². The van der Waals surface area contributed by atoms with Gasteiger partial charge in [0, 0.05) is 22.5 Å². The average molecular weight is 375 g/mol. The van der Waals surface area contributed by atoms with E-state index in [0.717, 1.165) is 22.6 Å². The van der Waals surface area contributed by atoms with Crippen LogP contribution in [0.4, 0.5) is 4.39 Å². The van der Waals surface area contributed by atoms with Crippen LogP contribution in [0.2, 0.25) is 5.02 Å². The van der Waals surface area contributed by atoms with Crippen LogP contribution >= 0.6 is 22.9 Å². The highest BCUT2D eigenvalue weighted by Crippen LogP contribution is 2.26. The zero-order valence-corrected chi connectivity index (χ0v) is 15.4. The smallest absolute Gasteiger partial charge is 0.279 e. The number of nitrogens with zero attached hydrogens (tertiary/aromatic N) is 2. The van der Waals surface area contributed by atoms with Gasteiger partial charge in [-0.05, 0) is 60.5 Å². The number of rotatable bonds is 3. The van der Waals surface area contributed by atoms with E-state index in [4.69, 9.17) is 11.6 Å². The van der Waals surface area contributed by atoms with Crippen molar-refractivity contribution in [2.24, 2.45) is 12.0 Å². The Balaban J connectivity index is 2.07. The predicted molar refractivity (Wildman–Crippen MR) is 99.4 cm³/mol. The third-order valence-electron chi connectivity index (χ3n) is 3.83. The number of hydrogen-bond acceptors (Lipinski definition) is 2. The van der Waals surface area contributed by atoms with Gasteiger partial charge in [0.05, 0.1) is 5.69 Å². The summed E-state index contributed by atoms with van der Waals surface area (Å²) in [6, 6.07) is 13.0. The summed E-state index contributed by atoms with van der Waals surface area (Å²) < 4.78 is 15.1. The maximum absolute atomic E-state index is 13.2. The summed E-state index contributed by atoms with van der Waals surface area (Å²) >= 11 is 7.32. The molecule has 0 N–H and O–H groups in total. The van der Waals surface area contributed by atoms with Crippen LogP contribution in [0.15, 0.2) is 53.5 Å². The second kappa shape index (κ2) is 7.33. The average Bonchev–Trinajstić information content (AvgIpc) is 2.92. The van der Waals surface area contributed by atoms with Crippen LogP contribution in [-0.4, -0.2) is 10.5 Å². The number of aryl methyl sites for hydroxylation is 1. The lowest BCUT2D eigenvalue weighted by Crippen LogP contribution is -2.14. The van der Waals surface area contributed by atoms with Crippen molar-refractivity contribution in [1.29, 1.82) is 0 Å². The molecular weight excluding hydrogens is 359 g/mol. The monoisotopic (exact) mass is 374 g/mol. The lowest BCUT2D eigenvalue weighted by Gasteiger charge is -2.05. The van der Waals surface area contributed by atoms with E-state index in [2.05, 4.69) is 4.99 Å². The van der Waals surface area contributed by atoms with Gasteiger partial charge in [-0.25, -0.2) is 4.39 Å². The lowest BCUT2D eigenvalue weighted by atomic mass is 10.1. The third-order valence-corrected chi connectivity index (χ3v) is 5.36. The molecule has 1 amide bonds. The minimum absolute atomic E-state index is 0.275. The van der Waals surface area contributed by atoms with Crippen LogP contribution in [0.25, 0.3) is 11.3 Å². The summed E-state index contributed by atoms with van der Waals surface area (Å²) in [6.45, 7) is 2.05. The Morgan fingerprint density at radius 2 is 1.80 bits per heavy atom. The molecule has 0 atom stereocenters.